The summed E-state index contributed by atoms with van der Waals surface area (Å²) in [4.78, 5) is 42.6. The normalized spacial score (nSPS) is 24.6. The summed E-state index contributed by atoms with van der Waals surface area (Å²) < 4.78 is 62.9. The Morgan fingerprint density at radius 2 is 1.74 bits per heavy atom. The molecule has 4 aliphatic rings. The van der Waals surface area contributed by atoms with Crippen LogP contribution in [0.2, 0.25) is 0 Å². The van der Waals surface area contributed by atoms with E-state index in [4.69, 9.17) is 4.74 Å². The number of alkyl halides is 1. The van der Waals surface area contributed by atoms with Crippen LogP contribution in [0.5, 0.6) is 0 Å². The van der Waals surface area contributed by atoms with Crippen LogP contribution in [0.15, 0.2) is 66.1 Å². The SMILES string of the molecule is C=CC(=O)N1CCCC(S(=O)(=O)c2ccc(N3CC(F)(CN4CCC(C(CNC(C)=O)(c5cccc(F)c5)[C@H]5CCC[C@@H]5NC(=O)OC)CC4)C3)cc2)C1. The highest BCUT2D eigenvalue weighted by molar-refractivity contribution is 7.92. The Hall–Kier alpha value is -4.04. The van der Waals surface area contributed by atoms with E-state index in [1.54, 1.807) is 36.4 Å². The van der Waals surface area contributed by atoms with Gasteiger partial charge in [0.2, 0.25) is 11.8 Å². The van der Waals surface area contributed by atoms with Gasteiger partial charge in [-0.3, -0.25) is 14.5 Å². The van der Waals surface area contributed by atoms with Crippen LogP contribution in [0.1, 0.15) is 57.4 Å². The molecule has 294 valence electrons. The molecule has 2 unspecified atom stereocenters. The fourth-order valence-electron chi connectivity index (χ4n) is 9.63. The van der Waals surface area contributed by atoms with Crippen LogP contribution < -0.4 is 15.5 Å². The molecule has 3 aliphatic heterocycles. The Morgan fingerprint density at radius 3 is 2.39 bits per heavy atom. The first kappa shape index (κ1) is 39.6. The Balaban J connectivity index is 1.11. The maximum Gasteiger partial charge on any atom is 0.407 e. The fraction of sp³-hybridized carbons (Fsp3) is 0.575. The minimum Gasteiger partial charge on any atom is -0.453 e. The van der Waals surface area contributed by atoms with E-state index in [0.29, 0.717) is 45.3 Å². The average molecular weight is 770 g/mol. The number of hydrogen-bond acceptors (Lipinski definition) is 8. The minimum atomic E-state index is -3.66. The second kappa shape index (κ2) is 16.4. The Morgan fingerprint density at radius 1 is 1.02 bits per heavy atom. The summed E-state index contributed by atoms with van der Waals surface area (Å²) in [6, 6.07) is 12.9. The molecule has 4 fully saturated rings. The molecule has 0 spiro atoms. The third kappa shape index (κ3) is 8.29. The standard InChI is InChI=1S/C40H53F2N5O6S/c1-4-37(49)46-19-7-10-34(23-46)54(51,52)33-15-13-32(14-16-33)47-26-39(42,27-47)25-45-20-17-29(18-21-45)40(24-43-28(2)48,30-8-5-9-31(41)22-30)35-11-6-12-36(35)44-38(50)53-3/h4-5,8-9,13-16,22,29,34-36H,1,6-7,10-12,17-21,23-27H2,2-3H3,(H,43,48)(H,44,50)/t34?,35-,36-,40?/m0/s1. The zero-order valence-corrected chi connectivity index (χ0v) is 32.1. The number of carbonyl (C=O) groups is 3. The van der Waals surface area contributed by atoms with Gasteiger partial charge in [0.1, 0.15) is 5.82 Å². The average Bonchev–Trinajstić information content (AvgIpc) is 3.62. The maximum atomic E-state index is 16.2. The van der Waals surface area contributed by atoms with Crippen LogP contribution in [-0.2, 0) is 29.6 Å². The lowest BCUT2D eigenvalue weighted by Gasteiger charge is -2.52. The van der Waals surface area contributed by atoms with Gasteiger partial charge in [-0.15, -0.1) is 0 Å². The molecule has 4 atom stereocenters. The molecule has 1 aliphatic carbocycles. The molecule has 3 amide bonds. The second-order valence-electron chi connectivity index (χ2n) is 15.6. The molecular formula is C40H53F2N5O6S. The van der Waals surface area contributed by atoms with Gasteiger partial charge in [0.25, 0.3) is 0 Å². The monoisotopic (exact) mass is 769 g/mol. The van der Waals surface area contributed by atoms with Gasteiger partial charge in [-0.1, -0.05) is 25.1 Å². The van der Waals surface area contributed by atoms with Crippen LogP contribution in [0.25, 0.3) is 0 Å². The number of sulfone groups is 1. The largest absolute Gasteiger partial charge is 0.453 e. The summed E-state index contributed by atoms with van der Waals surface area (Å²) in [6.07, 6.45) is 5.57. The van der Waals surface area contributed by atoms with Crippen molar-refractivity contribution in [3.63, 3.8) is 0 Å². The molecule has 3 saturated heterocycles. The van der Waals surface area contributed by atoms with Crippen molar-refractivity contribution in [1.82, 2.24) is 20.4 Å². The minimum absolute atomic E-state index is 0.0230. The van der Waals surface area contributed by atoms with Crippen molar-refractivity contribution in [1.29, 1.82) is 0 Å². The number of alkyl carbamates (subject to hydrolysis) is 1. The fourth-order valence-corrected chi connectivity index (χ4v) is 11.4. The molecule has 0 aromatic heterocycles. The Kier molecular flexibility index (Phi) is 12.0. The van der Waals surface area contributed by atoms with Crippen molar-refractivity contribution in [2.75, 3.05) is 64.4 Å². The number of nitrogens with zero attached hydrogens (tertiary/aromatic N) is 3. The highest BCUT2D eigenvalue weighted by Crippen LogP contribution is 2.50. The predicted octanol–water partition coefficient (Wildman–Crippen LogP) is 4.62. The number of hydrogen-bond donors (Lipinski definition) is 2. The molecule has 14 heteroatoms. The first-order valence-electron chi connectivity index (χ1n) is 19.0. The molecular weight excluding hydrogens is 717 g/mol. The van der Waals surface area contributed by atoms with E-state index in [2.05, 4.69) is 22.1 Å². The molecule has 0 radical (unpaired) electrons. The van der Waals surface area contributed by atoms with Gasteiger partial charge in [0, 0.05) is 50.2 Å². The molecule has 54 heavy (non-hydrogen) atoms. The van der Waals surface area contributed by atoms with Gasteiger partial charge in [0.15, 0.2) is 15.5 Å². The molecule has 0 bridgehead atoms. The molecule has 2 N–H and O–H groups in total. The molecule has 3 heterocycles. The van der Waals surface area contributed by atoms with Crippen molar-refractivity contribution in [2.45, 2.75) is 79.1 Å². The van der Waals surface area contributed by atoms with Crippen LogP contribution in [0.4, 0.5) is 19.3 Å². The summed E-state index contributed by atoms with van der Waals surface area (Å²) in [7, 11) is -2.33. The Bertz CT molecular complexity index is 1800. The van der Waals surface area contributed by atoms with E-state index in [1.165, 1.54) is 31.1 Å². The van der Waals surface area contributed by atoms with E-state index >= 15 is 4.39 Å². The lowest BCUT2D eigenvalue weighted by atomic mass is 9.58. The zero-order chi connectivity index (χ0) is 38.7. The first-order chi connectivity index (χ1) is 25.8. The highest BCUT2D eigenvalue weighted by Gasteiger charge is 2.53. The van der Waals surface area contributed by atoms with Crippen molar-refractivity contribution < 1.29 is 36.3 Å². The summed E-state index contributed by atoms with van der Waals surface area (Å²) in [5.74, 6) is -0.889. The number of nitrogens with one attached hydrogen (secondary N) is 2. The number of methoxy groups -OCH3 is 1. The van der Waals surface area contributed by atoms with Gasteiger partial charge >= 0.3 is 6.09 Å². The van der Waals surface area contributed by atoms with Crippen LogP contribution in [-0.4, -0.2) is 113 Å². The van der Waals surface area contributed by atoms with Crippen molar-refractivity contribution >= 4 is 33.4 Å². The van der Waals surface area contributed by atoms with E-state index in [1.807, 2.05) is 11.0 Å². The number of piperidine rings is 2. The van der Waals surface area contributed by atoms with E-state index < -0.39 is 32.3 Å². The third-order valence-electron chi connectivity index (χ3n) is 12.3. The maximum absolute atomic E-state index is 16.2. The van der Waals surface area contributed by atoms with Crippen LogP contribution >= 0.6 is 0 Å². The van der Waals surface area contributed by atoms with Crippen LogP contribution in [0, 0.1) is 17.7 Å². The van der Waals surface area contributed by atoms with Crippen molar-refractivity contribution in [3.05, 3.63) is 72.6 Å². The van der Waals surface area contributed by atoms with Crippen LogP contribution in [0.3, 0.4) is 0 Å². The lowest BCUT2D eigenvalue weighted by Crippen LogP contribution is -2.65. The molecule has 11 nitrogen and oxygen atoms in total. The van der Waals surface area contributed by atoms with E-state index in [0.717, 1.165) is 30.5 Å². The quantitative estimate of drug-likeness (QED) is 0.300. The summed E-state index contributed by atoms with van der Waals surface area (Å²) in [5, 5.41) is 5.39. The summed E-state index contributed by atoms with van der Waals surface area (Å²) in [6.45, 7) is 7.78. The number of rotatable bonds is 12. The molecule has 2 aromatic rings. The topological polar surface area (TPSA) is 128 Å². The third-order valence-corrected chi connectivity index (χ3v) is 14.5. The molecule has 6 rings (SSSR count). The van der Waals surface area contributed by atoms with Crippen molar-refractivity contribution in [3.8, 4) is 0 Å². The Labute approximate surface area is 317 Å². The summed E-state index contributed by atoms with van der Waals surface area (Å²) >= 11 is 0. The highest BCUT2D eigenvalue weighted by atomic mass is 32.2. The summed E-state index contributed by atoms with van der Waals surface area (Å²) in [5.41, 5.74) is -0.589. The van der Waals surface area contributed by atoms with Gasteiger partial charge < -0.3 is 25.2 Å². The lowest BCUT2D eigenvalue weighted by molar-refractivity contribution is -0.126. The zero-order valence-electron chi connectivity index (χ0n) is 31.3. The number of benzene rings is 2. The number of amides is 3. The second-order valence-corrected chi connectivity index (χ2v) is 17.8. The number of halogens is 2. The van der Waals surface area contributed by atoms with E-state index in [9.17, 15) is 27.2 Å². The van der Waals surface area contributed by atoms with Gasteiger partial charge in [-0.05, 0) is 111 Å². The molecule has 1 saturated carbocycles. The van der Waals surface area contributed by atoms with Gasteiger partial charge in [-0.2, -0.15) is 0 Å². The van der Waals surface area contributed by atoms with E-state index in [-0.39, 0.29) is 73.1 Å². The number of carbonyl (C=O) groups excluding carboxylic acids is 3. The number of anilines is 1. The van der Waals surface area contributed by atoms with Gasteiger partial charge in [-0.25, -0.2) is 22.0 Å². The smallest absolute Gasteiger partial charge is 0.407 e. The van der Waals surface area contributed by atoms with Crippen molar-refractivity contribution in [2.24, 2.45) is 11.8 Å². The predicted molar refractivity (Wildman–Crippen MR) is 202 cm³/mol. The first-order valence-corrected chi connectivity index (χ1v) is 20.6. The molecule has 2 aromatic carbocycles. The number of likely N-dealkylation sites (tertiary alicyclic amines) is 2. The van der Waals surface area contributed by atoms with Gasteiger partial charge in [0.05, 0.1) is 30.3 Å². The number of ether oxygens (including phenoxy) is 1.